The number of halogens is 1. The van der Waals surface area contributed by atoms with Crippen LogP contribution in [-0.4, -0.2) is 24.0 Å². The fraction of sp³-hybridized carbons (Fsp3) is 0.474. The van der Waals surface area contributed by atoms with Gasteiger partial charge in [-0.1, -0.05) is 31.2 Å². The number of anilines is 1. The van der Waals surface area contributed by atoms with Crippen LogP contribution in [0.2, 0.25) is 0 Å². The first-order valence-corrected chi connectivity index (χ1v) is 9.57. The van der Waals surface area contributed by atoms with Crippen LogP contribution in [0, 0.1) is 5.92 Å². The molecule has 1 amide bonds. The third-order valence-electron chi connectivity index (χ3n) is 4.52. The van der Waals surface area contributed by atoms with Crippen LogP contribution in [0.25, 0.3) is 0 Å². The predicted molar refractivity (Wildman–Crippen MR) is 107 cm³/mol. The maximum absolute atomic E-state index is 12.1. The Kier molecular flexibility index (Phi) is 7.88. The van der Waals surface area contributed by atoms with Crippen molar-refractivity contribution in [2.45, 2.75) is 39.0 Å². The second-order valence-electron chi connectivity index (χ2n) is 6.43. The largest absolute Gasteiger partial charge is 0.316 e. The highest BCUT2D eigenvalue weighted by Crippen LogP contribution is 2.22. The molecule has 2 N–H and O–H groups in total. The first kappa shape index (κ1) is 19.9. The molecule has 1 fully saturated rings. The van der Waals surface area contributed by atoms with E-state index in [0.29, 0.717) is 17.5 Å². The number of carbonyl (C=O) groups is 1. The highest BCUT2D eigenvalue weighted by molar-refractivity contribution is 7.15. The minimum absolute atomic E-state index is 0. The molecule has 1 atom stereocenters. The third-order valence-corrected chi connectivity index (χ3v) is 5.43. The van der Waals surface area contributed by atoms with E-state index in [1.165, 1.54) is 22.4 Å². The molecular weight excluding hydrogens is 354 g/mol. The summed E-state index contributed by atoms with van der Waals surface area (Å²) >= 11 is 1.57. The lowest BCUT2D eigenvalue weighted by atomic mass is 10.0. The Bertz CT molecular complexity index is 683. The van der Waals surface area contributed by atoms with Crippen molar-refractivity contribution in [3.8, 4) is 0 Å². The number of amides is 1. The lowest BCUT2D eigenvalue weighted by molar-refractivity contribution is -0.116. The highest BCUT2D eigenvalue weighted by atomic mass is 35.5. The quantitative estimate of drug-likeness (QED) is 0.763. The van der Waals surface area contributed by atoms with Crippen molar-refractivity contribution in [3.05, 3.63) is 46.5 Å². The molecule has 1 aliphatic heterocycles. The Morgan fingerprint density at radius 1 is 1.40 bits per heavy atom. The topological polar surface area (TPSA) is 54.0 Å². The zero-order valence-electron chi connectivity index (χ0n) is 14.6. The molecule has 1 unspecified atom stereocenters. The van der Waals surface area contributed by atoms with E-state index in [1.54, 1.807) is 11.3 Å². The maximum atomic E-state index is 12.1. The van der Waals surface area contributed by atoms with Crippen molar-refractivity contribution < 1.29 is 4.79 Å². The Morgan fingerprint density at radius 3 is 3.00 bits per heavy atom. The fourth-order valence-electron chi connectivity index (χ4n) is 3.09. The van der Waals surface area contributed by atoms with Gasteiger partial charge in [-0.2, -0.15) is 0 Å². The van der Waals surface area contributed by atoms with Crippen molar-refractivity contribution in [2.24, 2.45) is 5.92 Å². The summed E-state index contributed by atoms with van der Waals surface area (Å²) in [5, 5.41) is 7.00. The van der Waals surface area contributed by atoms with Gasteiger partial charge in [0.05, 0.1) is 0 Å². The molecule has 136 valence electrons. The number of hydrogen-bond donors (Lipinski definition) is 2. The Morgan fingerprint density at radius 2 is 2.24 bits per heavy atom. The van der Waals surface area contributed by atoms with Crippen molar-refractivity contribution in [3.63, 3.8) is 0 Å². The average Bonchev–Trinajstić information content (AvgIpc) is 3.25. The molecule has 2 aromatic rings. The maximum Gasteiger partial charge on any atom is 0.226 e. The van der Waals surface area contributed by atoms with Gasteiger partial charge in [-0.3, -0.25) is 4.79 Å². The smallest absolute Gasteiger partial charge is 0.226 e. The summed E-state index contributed by atoms with van der Waals surface area (Å²) in [5.41, 5.74) is 2.65. The van der Waals surface area contributed by atoms with Crippen LogP contribution in [-0.2, 0) is 17.6 Å². The van der Waals surface area contributed by atoms with E-state index in [0.717, 1.165) is 32.4 Å². The summed E-state index contributed by atoms with van der Waals surface area (Å²) < 4.78 is 0. The highest BCUT2D eigenvalue weighted by Gasteiger charge is 2.16. The van der Waals surface area contributed by atoms with Crippen molar-refractivity contribution >= 4 is 34.8 Å². The van der Waals surface area contributed by atoms with Crippen LogP contribution in [0.3, 0.4) is 0 Å². The van der Waals surface area contributed by atoms with Gasteiger partial charge in [-0.15, -0.1) is 23.7 Å². The molecule has 1 aliphatic rings. The zero-order chi connectivity index (χ0) is 16.8. The number of benzene rings is 1. The third kappa shape index (κ3) is 6.10. The fourth-order valence-corrected chi connectivity index (χ4v) is 3.95. The SMILES string of the molecule is CCc1cccc(Cc2cnc(NC(=O)CCC3CCNC3)s2)c1.Cl. The van der Waals surface area contributed by atoms with Gasteiger partial charge in [0.15, 0.2) is 5.13 Å². The molecule has 1 aromatic carbocycles. The van der Waals surface area contributed by atoms with Gasteiger partial charge in [-0.05, 0) is 49.4 Å². The molecule has 25 heavy (non-hydrogen) atoms. The van der Waals surface area contributed by atoms with E-state index in [9.17, 15) is 4.79 Å². The standard InChI is InChI=1S/C19H25N3OS.ClH/c1-2-14-4-3-5-16(10-14)11-17-13-21-19(24-17)22-18(23)7-6-15-8-9-20-12-15;/h3-5,10,13,15,20H,2,6-9,11-12H2,1H3,(H,21,22,23);1H. The molecule has 6 heteroatoms. The summed E-state index contributed by atoms with van der Waals surface area (Å²) in [5.74, 6) is 0.726. The van der Waals surface area contributed by atoms with Crippen LogP contribution in [0.1, 0.15) is 42.2 Å². The van der Waals surface area contributed by atoms with Crippen LogP contribution in [0.5, 0.6) is 0 Å². The van der Waals surface area contributed by atoms with Gasteiger partial charge < -0.3 is 10.6 Å². The summed E-state index contributed by atoms with van der Waals surface area (Å²) in [4.78, 5) is 17.6. The molecule has 0 saturated carbocycles. The van der Waals surface area contributed by atoms with E-state index >= 15 is 0 Å². The molecule has 3 rings (SSSR count). The number of nitrogens with one attached hydrogen (secondary N) is 2. The Hall–Kier alpha value is -1.43. The first-order valence-electron chi connectivity index (χ1n) is 8.76. The average molecular weight is 380 g/mol. The van der Waals surface area contributed by atoms with E-state index < -0.39 is 0 Å². The van der Waals surface area contributed by atoms with Crippen LogP contribution < -0.4 is 10.6 Å². The number of rotatable bonds is 7. The van der Waals surface area contributed by atoms with Gasteiger partial charge in [0.25, 0.3) is 0 Å². The molecule has 4 nitrogen and oxygen atoms in total. The first-order chi connectivity index (χ1) is 11.7. The van der Waals surface area contributed by atoms with Crippen LogP contribution >= 0.6 is 23.7 Å². The van der Waals surface area contributed by atoms with E-state index in [2.05, 4.69) is 46.8 Å². The summed E-state index contributed by atoms with van der Waals surface area (Å²) in [6.07, 6.45) is 6.52. The minimum Gasteiger partial charge on any atom is -0.316 e. The van der Waals surface area contributed by atoms with Crippen LogP contribution in [0.4, 0.5) is 5.13 Å². The zero-order valence-corrected chi connectivity index (χ0v) is 16.2. The second kappa shape index (κ2) is 9.90. The Labute approximate surface area is 159 Å². The monoisotopic (exact) mass is 379 g/mol. The van der Waals surface area contributed by atoms with Gasteiger partial charge >= 0.3 is 0 Å². The lowest BCUT2D eigenvalue weighted by Crippen LogP contribution is -2.14. The molecule has 2 heterocycles. The number of hydrogen-bond acceptors (Lipinski definition) is 4. The van der Waals surface area contributed by atoms with Gasteiger partial charge in [0.1, 0.15) is 0 Å². The normalized spacial score (nSPS) is 16.4. The Balaban J connectivity index is 0.00000225. The van der Waals surface area contributed by atoms with E-state index in [1.807, 2.05) is 6.20 Å². The summed E-state index contributed by atoms with van der Waals surface area (Å²) in [6.45, 7) is 4.30. The molecule has 1 aromatic heterocycles. The minimum atomic E-state index is 0. The van der Waals surface area contributed by atoms with Crippen LogP contribution in [0.15, 0.2) is 30.5 Å². The van der Waals surface area contributed by atoms with E-state index in [-0.39, 0.29) is 18.3 Å². The molecule has 0 radical (unpaired) electrons. The molecular formula is C19H26ClN3OS. The number of carbonyl (C=O) groups excluding carboxylic acids is 1. The molecule has 0 aliphatic carbocycles. The number of nitrogens with zero attached hydrogens (tertiary/aromatic N) is 1. The molecule has 1 saturated heterocycles. The number of thiazole rings is 1. The van der Waals surface area contributed by atoms with Gasteiger partial charge in [0.2, 0.25) is 5.91 Å². The van der Waals surface area contributed by atoms with Crippen molar-refractivity contribution in [1.29, 1.82) is 0 Å². The summed E-state index contributed by atoms with van der Waals surface area (Å²) in [7, 11) is 0. The summed E-state index contributed by atoms with van der Waals surface area (Å²) in [6, 6.07) is 8.65. The van der Waals surface area contributed by atoms with Gasteiger partial charge in [0, 0.05) is 23.9 Å². The predicted octanol–water partition coefficient (Wildman–Crippen LogP) is 4.05. The number of aryl methyl sites for hydroxylation is 1. The molecule has 0 bridgehead atoms. The molecule has 0 spiro atoms. The van der Waals surface area contributed by atoms with Crippen molar-refractivity contribution in [2.75, 3.05) is 18.4 Å². The van der Waals surface area contributed by atoms with E-state index in [4.69, 9.17) is 0 Å². The van der Waals surface area contributed by atoms with Crippen molar-refractivity contribution in [1.82, 2.24) is 10.3 Å². The number of aromatic nitrogens is 1. The second-order valence-corrected chi connectivity index (χ2v) is 7.54. The van der Waals surface area contributed by atoms with Gasteiger partial charge in [-0.25, -0.2) is 4.98 Å². The lowest BCUT2D eigenvalue weighted by Gasteiger charge is -2.07.